The quantitative estimate of drug-likeness (QED) is 0.717. The van der Waals surface area contributed by atoms with Crippen molar-refractivity contribution in [3.05, 3.63) is 0 Å². The molecular weight excluding hydrogens is 173 g/mol. The van der Waals surface area contributed by atoms with Crippen molar-refractivity contribution in [2.75, 3.05) is 26.3 Å². The Balaban J connectivity index is 2.36. The van der Waals surface area contributed by atoms with E-state index < -0.39 is 5.97 Å². The molecule has 0 aromatic rings. The summed E-state index contributed by atoms with van der Waals surface area (Å²) >= 11 is 0. The van der Waals surface area contributed by atoms with Crippen molar-refractivity contribution in [1.82, 2.24) is 4.90 Å². The molecule has 0 bridgehead atoms. The molecule has 2 unspecified atom stereocenters. The first-order valence-corrected chi connectivity index (χ1v) is 4.66. The van der Waals surface area contributed by atoms with Gasteiger partial charge in [-0.3, -0.25) is 9.18 Å². The van der Waals surface area contributed by atoms with E-state index in [2.05, 4.69) is 0 Å². The lowest BCUT2D eigenvalue weighted by Crippen LogP contribution is -2.24. The minimum atomic E-state index is -0.727. The standard InChI is InChI=1S/C9H16FNO2/c1-7-5-11(4-2-3-10)6-8(7)9(12)13/h7-8H,2-6H2,1H3,(H,12,13). The molecule has 0 amide bonds. The van der Waals surface area contributed by atoms with Gasteiger partial charge in [-0.05, 0) is 12.3 Å². The Kier molecular flexibility index (Phi) is 3.66. The number of carboxylic acids is 1. The third-order valence-electron chi connectivity index (χ3n) is 2.61. The van der Waals surface area contributed by atoms with Crippen LogP contribution in [0, 0.1) is 11.8 Å². The molecule has 0 spiro atoms. The Morgan fingerprint density at radius 1 is 1.62 bits per heavy atom. The fourth-order valence-corrected chi connectivity index (χ4v) is 1.85. The van der Waals surface area contributed by atoms with Crippen LogP contribution in [0.15, 0.2) is 0 Å². The molecule has 0 aliphatic carbocycles. The largest absolute Gasteiger partial charge is 0.481 e. The van der Waals surface area contributed by atoms with Crippen molar-refractivity contribution in [1.29, 1.82) is 0 Å². The zero-order chi connectivity index (χ0) is 9.84. The number of nitrogens with zero attached hydrogens (tertiary/aromatic N) is 1. The number of alkyl halides is 1. The van der Waals surface area contributed by atoms with E-state index in [1.54, 1.807) is 0 Å². The summed E-state index contributed by atoms with van der Waals surface area (Å²) in [7, 11) is 0. The van der Waals surface area contributed by atoms with Crippen LogP contribution < -0.4 is 0 Å². The normalized spacial score (nSPS) is 29.4. The van der Waals surface area contributed by atoms with Gasteiger partial charge in [0.05, 0.1) is 12.6 Å². The number of carbonyl (C=O) groups is 1. The zero-order valence-corrected chi connectivity index (χ0v) is 7.87. The zero-order valence-electron chi connectivity index (χ0n) is 7.87. The van der Waals surface area contributed by atoms with Crippen molar-refractivity contribution in [2.24, 2.45) is 11.8 Å². The van der Waals surface area contributed by atoms with Crippen molar-refractivity contribution in [3.63, 3.8) is 0 Å². The minimum absolute atomic E-state index is 0.192. The van der Waals surface area contributed by atoms with E-state index in [0.717, 1.165) is 6.54 Å². The van der Waals surface area contributed by atoms with Gasteiger partial charge in [-0.2, -0.15) is 0 Å². The maximum absolute atomic E-state index is 11.9. The van der Waals surface area contributed by atoms with Gasteiger partial charge in [-0.25, -0.2) is 0 Å². The molecule has 1 aliphatic rings. The molecule has 1 saturated heterocycles. The van der Waals surface area contributed by atoms with Gasteiger partial charge in [0.1, 0.15) is 0 Å². The molecule has 0 aromatic carbocycles. The Hall–Kier alpha value is -0.640. The molecule has 76 valence electrons. The van der Waals surface area contributed by atoms with Crippen LogP contribution in [0.25, 0.3) is 0 Å². The maximum atomic E-state index is 11.9. The number of halogens is 1. The molecule has 1 rings (SSSR count). The molecule has 1 heterocycles. The average Bonchev–Trinajstić information content (AvgIpc) is 2.43. The number of rotatable bonds is 4. The highest BCUT2D eigenvalue weighted by Gasteiger charge is 2.33. The minimum Gasteiger partial charge on any atom is -0.481 e. The van der Waals surface area contributed by atoms with Gasteiger partial charge in [0.2, 0.25) is 0 Å². The predicted octanol–water partition coefficient (Wildman–Crippen LogP) is 0.999. The number of hydrogen-bond donors (Lipinski definition) is 1. The Bertz CT molecular complexity index is 186. The number of aliphatic carboxylic acids is 1. The monoisotopic (exact) mass is 189 g/mol. The third kappa shape index (κ3) is 2.66. The molecule has 3 nitrogen and oxygen atoms in total. The first kappa shape index (κ1) is 10.4. The van der Waals surface area contributed by atoms with Crippen LogP contribution in [0.1, 0.15) is 13.3 Å². The lowest BCUT2D eigenvalue weighted by atomic mass is 9.99. The van der Waals surface area contributed by atoms with Gasteiger partial charge >= 0.3 is 5.97 Å². The molecule has 1 N–H and O–H groups in total. The summed E-state index contributed by atoms with van der Waals surface area (Å²) in [4.78, 5) is 12.8. The van der Waals surface area contributed by atoms with E-state index in [1.165, 1.54) is 0 Å². The van der Waals surface area contributed by atoms with Gasteiger partial charge in [0.15, 0.2) is 0 Å². The molecule has 13 heavy (non-hydrogen) atoms. The fourth-order valence-electron chi connectivity index (χ4n) is 1.85. The Morgan fingerprint density at radius 2 is 2.31 bits per heavy atom. The molecule has 0 aromatic heterocycles. The van der Waals surface area contributed by atoms with Crippen LogP contribution in [0.4, 0.5) is 4.39 Å². The number of carboxylic acid groups (broad SMARTS) is 1. The topological polar surface area (TPSA) is 40.5 Å². The smallest absolute Gasteiger partial charge is 0.308 e. The van der Waals surface area contributed by atoms with Crippen molar-refractivity contribution < 1.29 is 14.3 Å². The van der Waals surface area contributed by atoms with Crippen molar-refractivity contribution >= 4 is 5.97 Å². The predicted molar refractivity (Wildman–Crippen MR) is 47.3 cm³/mol. The highest BCUT2D eigenvalue weighted by Crippen LogP contribution is 2.22. The highest BCUT2D eigenvalue weighted by atomic mass is 19.1. The second-order valence-corrected chi connectivity index (χ2v) is 3.72. The number of hydrogen-bond acceptors (Lipinski definition) is 2. The molecule has 0 radical (unpaired) electrons. The van der Waals surface area contributed by atoms with E-state index in [1.807, 2.05) is 11.8 Å². The van der Waals surface area contributed by atoms with Gasteiger partial charge in [-0.15, -0.1) is 0 Å². The van der Waals surface area contributed by atoms with Crippen LogP contribution in [0.2, 0.25) is 0 Å². The highest BCUT2D eigenvalue weighted by molar-refractivity contribution is 5.71. The molecule has 1 aliphatic heterocycles. The van der Waals surface area contributed by atoms with E-state index >= 15 is 0 Å². The van der Waals surface area contributed by atoms with Crippen LogP contribution in [0.5, 0.6) is 0 Å². The molecule has 2 atom stereocenters. The molecular formula is C9H16FNO2. The summed E-state index contributed by atoms with van der Waals surface area (Å²) in [5.74, 6) is -0.799. The summed E-state index contributed by atoms with van der Waals surface area (Å²) in [5, 5.41) is 8.83. The summed E-state index contributed by atoms with van der Waals surface area (Å²) < 4.78 is 11.9. The number of likely N-dealkylation sites (tertiary alicyclic amines) is 1. The average molecular weight is 189 g/mol. The van der Waals surface area contributed by atoms with Gasteiger partial charge in [0.25, 0.3) is 0 Å². The van der Waals surface area contributed by atoms with E-state index in [4.69, 9.17) is 5.11 Å². The van der Waals surface area contributed by atoms with Crippen LogP contribution in [0.3, 0.4) is 0 Å². The fraction of sp³-hybridized carbons (Fsp3) is 0.889. The van der Waals surface area contributed by atoms with Gasteiger partial charge in [0, 0.05) is 19.6 Å². The summed E-state index contributed by atoms with van der Waals surface area (Å²) in [6.45, 7) is 3.68. The van der Waals surface area contributed by atoms with Crippen LogP contribution in [-0.4, -0.2) is 42.3 Å². The lowest BCUT2D eigenvalue weighted by molar-refractivity contribution is -0.142. The van der Waals surface area contributed by atoms with Crippen LogP contribution in [-0.2, 0) is 4.79 Å². The van der Waals surface area contributed by atoms with E-state index in [9.17, 15) is 9.18 Å². The molecule has 4 heteroatoms. The lowest BCUT2D eigenvalue weighted by Gasteiger charge is -2.13. The van der Waals surface area contributed by atoms with Crippen LogP contribution >= 0.6 is 0 Å². The van der Waals surface area contributed by atoms with Gasteiger partial charge in [-0.1, -0.05) is 6.92 Å². The summed E-state index contributed by atoms with van der Waals surface area (Å²) in [6.07, 6.45) is 0.513. The van der Waals surface area contributed by atoms with E-state index in [-0.39, 0.29) is 18.5 Å². The summed E-state index contributed by atoms with van der Waals surface area (Å²) in [6, 6.07) is 0. The first-order valence-electron chi connectivity index (χ1n) is 4.66. The van der Waals surface area contributed by atoms with Gasteiger partial charge < -0.3 is 10.0 Å². The summed E-state index contributed by atoms with van der Waals surface area (Å²) in [5.41, 5.74) is 0. The molecule has 0 saturated carbocycles. The Morgan fingerprint density at radius 3 is 2.77 bits per heavy atom. The Labute approximate surface area is 77.5 Å². The van der Waals surface area contributed by atoms with Crippen molar-refractivity contribution in [3.8, 4) is 0 Å². The second-order valence-electron chi connectivity index (χ2n) is 3.72. The maximum Gasteiger partial charge on any atom is 0.308 e. The SMILES string of the molecule is CC1CN(CCCF)CC1C(=O)O. The molecule has 1 fully saturated rings. The van der Waals surface area contributed by atoms with Crippen molar-refractivity contribution in [2.45, 2.75) is 13.3 Å². The second kappa shape index (κ2) is 4.56. The third-order valence-corrected chi connectivity index (χ3v) is 2.61. The first-order chi connectivity index (χ1) is 6.15. The van der Waals surface area contributed by atoms with E-state index in [0.29, 0.717) is 19.5 Å².